The number of aromatic nitrogens is 2. The van der Waals surface area contributed by atoms with E-state index >= 15 is 0 Å². The molecule has 9 heteroatoms. The van der Waals surface area contributed by atoms with Crippen LogP contribution in [0.15, 0.2) is 36.5 Å². The van der Waals surface area contributed by atoms with Crippen molar-refractivity contribution in [1.82, 2.24) is 20.2 Å². The van der Waals surface area contributed by atoms with Crippen LogP contribution in [-0.4, -0.2) is 53.7 Å². The van der Waals surface area contributed by atoms with Crippen molar-refractivity contribution in [3.63, 3.8) is 0 Å². The molecule has 1 saturated heterocycles. The molecule has 0 aliphatic carbocycles. The van der Waals surface area contributed by atoms with Crippen molar-refractivity contribution in [3.8, 4) is 0 Å². The summed E-state index contributed by atoms with van der Waals surface area (Å²) in [6.07, 6.45) is 3.37. The maximum atomic E-state index is 12.5. The monoisotopic (exact) mass is 452 g/mol. The molecule has 2 N–H and O–H groups in total. The average molecular weight is 453 g/mol. The number of amides is 3. The van der Waals surface area contributed by atoms with Gasteiger partial charge in [0, 0.05) is 36.5 Å². The Morgan fingerprint density at radius 3 is 2.85 bits per heavy atom. The number of pyridine rings is 1. The fraction of sp³-hybridized carbons (Fsp3) is 0.417. The lowest BCUT2D eigenvalue weighted by Crippen LogP contribution is -2.41. The smallest absolute Gasteiger partial charge is 0.249 e. The molecule has 3 heterocycles. The molecule has 9 nitrogen and oxygen atoms in total. The summed E-state index contributed by atoms with van der Waals surface area (Å²) in [5, 5.41) is 7.16. The summed E-state index contributed by atoms with van der Waals surface area (Å²) in [6, 6.07) is 9.17. The second-order valence-electron chi connectivity index (χ2n) is 8.00. The minimum atomic E-state index is -0.499. The van der Waals surface area contributed by atoms with E-state index in [-0.39, 0.29) is 24.3 Å². The number of nitrogens with one attached hydrogen (secondary N) is 2. The lowest BCUT2D eigenvalue weighted by atomic mass is 10.1. The van der Waals surface area contributed by atoms with Crippen molar-refractivity contribution in [2.75, 3.05) is 26.4 Å². The van der Waals surface area contributed by atoms with Gasteiger partial charge in [-0.05, 0) is 42.7 Å². The number of carbonyl (C=O) groups excluding carboxylic acids is 3. The van der Waals surface area contributed by atoms with Crippen LogP contribution in [0.2, 0.25) is 0 Å². The Hall–Kier alpha value is -3.30. The van der Waals surface area contributed by atoms with Crippen molar-refractivity contribution in [2.45, 2.75) is 38.8 Å². The summed E-state index contributed by atoms with van der Waals surface area (Å²) in [6.45, 7) is 3.92. The molecular formula is C24H28N4O5. The van der Waals surface area contributed by atoms with Crippen LogP contribution in [-0.2, 0) is 30.4 Å². The van der Waals surface area contributed by atoms with Crippen LogP contribution >= 0.6 is 0 Å². The molecule has 1 fully saturated rings. The minimum absolute atomic E-state index is 0.0174. The summed E-state index contributed by atoms with van der Waals surface area (Å²) in [5.74, 6) is -0.758. The zero-order valence-electron chi connectivity index (χ0n) is 18.6. The fourth-order valence-corrected chi connectivity index (χ4v) is 4.06. The van der Waals surface area contributed by atoms with Gasteiger partial charge < -0.3 is 19.4 Å². The van der Waals surface area contributed by atoms with Gasteiger partial charge in [-0.1, -0.05) is 13.0 Å². The summed E-state index contributed by atoms with van der Waals surface area (Å²) >= 11 is 0. The maximum Gasteiger partial charge on any atom is 0.249 e. The lowest BCUT2D eigenvalue weighted by molar-refractivity contribution is -0.135. The second kappa shape index (κ2) is 10.5. The second-order valence-corrected chi connectivity index (χ2v) is 8.00. The van der Waals surface area contributed by atoms with Crippen LogP contribution in [0.25, 0.3) is 21.9 Å². The molecular weight excluding hydrogens is 424 g/mol. The summed E-state index contributed by atoms with van der Waals surface area (Å²) < 4.78 is 12.6. The number of ether oxygens (including phenoxy) is 2. The number of benzene rings is 1. The normalized spacial score (nSPS) is 16.3. The number of hydrogen-bond donors (Lipinski definition) is 2. The van der Waals surface area contributed by atoms with Crippen LogP contribution in [0, 0.1) is 0 Å². The Bertz CT molecular complexity index is 1170. The number of fused-ring (bicyclic) bond motifs is 3. The van der Waals surface area contributed by atoms with Gasteiger partial charge in [0.15, 0.2) is 0 Å². The topological polar surface area (TPSA) is 112 Å². The summed E-state index contributed by atoms with van der Waals surface area (Å²) in [7, 11) is 0. The number of rotatable bonds is 10. The highest BCUT2D eigenvalue weighted by Gasteiger charge is 2.30. The molecule has 2 aromatic heterocycles. The minimum Gasteiger partial charge on any atom is -0.379 e. The molecule has 4 rings (SSSR count). The van der Waals surface area contributed by atoms with Crippen LogP contribution in [0.4, 0.5) is 0 Å². The first kappa shape index (κ1) is 22.9. The largest absolute Gasteiger partial charge is 0.379 e. The first-order chi connectivity index (χ1) is 16.1. The highest BCUT2D eigenvalue weighted by atomic mass is 16.5. The van der Waals surface area contributed by atoms with Gasteiger partial charge in [-0.15, -0.1) is 0 Å². The van der Waals surface area contributed by atoms with Gasteiger partial charge in [0.1, 0.15) is 18.3 Å². The molecule has 3 amide bonds. The molecule has 33 heavy (non-hydrogen) atoms. The highest BCUT2D eigenvalue weighted by Crippen LogP contribution is 2.33. The van der Waals surface area contributed by atoms with Gasteiger partial charge in [-0.25, -0.2) is 4.98 Å². The first-order valence-corrected chi connectivity index (χ1v) is 11.2. The Morgan fingerprint density at radius 2 is 2.03 bits per heavy atom. The van der Waals surface area contributed by atoms with Crippen molar-refractivity contribution in [3.05, 3.63) is 42.1 Å². The van der Waals surface area contributed by atoms with E-state index in [0.29, 0.717) is 44.9 Å². The third kappa shape index (κ3) is 5.20. The zero-order chi connectivity index (χ0) is 23.2. The molecule has 1 aliphatic heterocycles. The van der Waals surface area contributed by atoms with Crippen molar-refractivity contribution < 1.29 is 23.9 Å². The van der Waals surface area contributed by atoms with Crippen LogP contribution < -0.4 is 10.6 Å². The van der Waals surface area contributed by atoms with E-state index in [0.717, 1.165) is 28.3 Å². The van der Waals surface area contributed by atoms with E-state index in [1.54, 1.807) is 6.20 Å². The predicted molar refractivity (Wildman–Crippen MR) is 122 cm³/mol. The van der Waals surface area contributed by atoms with E-state index in [1.807, 2.05) is 41.8 Å². The maximum absolute atomic E-state index is 12.5. The Morgan fingerprint density at radius 1 is 1.18 bits per heavy atom. The van der Waals surface area contributed by atoms with E-state index < -0.39 is 6.04 Å². The number of carbonyl (C=O) groups is 3. The average Bonchev–Trinajstić information content (AvgIpc) is 3.14. The molecule has 1 unspecified atom stereocenters. The highest BCUT2D eigenvalue weighted by molar-refractivity contribution is 6.09. The molecule has 1 atom stereocenters. The van der Waals surface area contributed by atoms with E-state index in [4.69, 9.17) is 9.47 Å². The summed E-state index contributed by atoms with van der Waals surface area (Å²) in [5.41, 5.74) is 2.49. The fourth-order valence-electron chi connectivity index (χ4n) is 4.06. The first-order valence-electron chi connectivity index (χ1n) is 11.2. The Labute approximate surface area is 191 Å². The lowest BCUT2D eigenvalue weighted by Gasteiger charge is -2.23. The standard InChI is InChI=1S/C24H28N4O5/c1-2-10-32-11-12-33-15-22(30)26-14-16-5-6-19-18(13-16)17-4-3-9-25-23(17)28(19)20-7-8-21(29)27-24(20)31/h3-6,9,13,20H,2,7-8,10-12,14-15H2,1H3,(H,26,30)(H,27,29,31). The molecule has 0 radical (unpaired) electrons. The van der Waals surface area contributed by atoms with Crippen molar-refractivity contribution in [2.24, 2.45) is 0 Å². The van der Waals surface area contributed by atoms with Gasteiger partial charge in [0.05, 0.1) is 18.7 Å². The number of nitrogens with zero attached hydrogens (tertiary/aromatic N) is 2. The van der Waals surface area contributed by atoms with E-state index in [9.17, 15) is 14.4 Å². The number of imide groups is 1. The Balaban J connectivity index is 1.48. The van der Waals surface area contributed by atoms with E-state index in [2.05, 4.69) is 15.6 Å². The van der Waals surface area contributed by atoms with Crippen LogP contribution in [0.3, 0.4) is 0 Å². The third-order valence-corrected chi connectivity index (χ3v) is 5.59. The van der Waals surface area contributed by atoms with E-state index in [1.165, 1.54) is 0 Å². The van der Waals surface area contributed by atoms with Crippen molar-refractivity contribution >= 4 is 39.7 Å². The molecule has 0 spiro atoms. The van der Waals surface area contributed by atoms with Gasteiger partial charge in [-0.3, -0.25) is 19.7 Å². The Kier molecular flexibility index (Phi) is 7.31. The third-order valence-electron chi connectivity index (χ3n) is 5.59. The predicted octanol–water partition coefficient (Wildman–Crippen LogP) is 2.23. The van der Waals surface area contributed by atoms with Crippen molar-refractivity contribution in [1.29, 1.82) is 0 Å². The number of hydrogen-bond acceptors (Lipinski definition) is 6. The molecule has 174 valence electrons. The SMILES string of the molecule is CCCOCCOCC(=O)NCc1ccc2c(c1)c1cccnc1n2C1CCC(=O)NC1=O. The molecule has 3 aromatic rings. The van der Waals surface area contributed by atoms with Gasteiger partial charge in [-0.2, -0.15) is 0 Å². The van der Waals surface area contributed by atoms with Crippen LogP contribution in [0.1, 0.15) is 37.8 Å². The van der Waals surface area contributed by atoms with Crippen LogP contribution in [0.5, 0.6) is 0 Å². The quantitative estimate of drug-likeness (QED) is 0.360. The zero-order valence-corrected chi connectivity index (χ0v) is 18.6. The van der Waals surface area contributed by atoms with Gasteiger partial charge in [0.25, 0.3) is 0 Å². The molecule has 1 aliphatic rings. The van der Waals surface area contributed by atoms with Gasteiger partial charge >= 0.3 is 0 Å². The molecule has 0 bridgehead atoms. The molecule has 1 aromatic carbocycles. The number of piperidine rings is 1. The summed E-state index contributed by atoms with van der Waals surface area (Å²) in [4.78, 5) is 40.8. The van der Waals surface area contributed by atoms with Gasteiger partial charge in [0.2, 0.25) is 17.7 Å². The molecule has 0 saturated carbocycles.